The Hall–Kier alpha value is -3.91. The van der Waals surface area contributed by atoms with Gasteiger partial charge < -0.3 is 21.5 Å². The molecule has 2 aromatic carbocycles. The van der Waals surface area contributed by atoms with Crippen LogP contribution in [0.1, 0.15) is 57.1 Å². The van der Waals surface area contributed by atoms with Gasteiger partial charge in [-0.25, -0.2) is 4.98 Å². The van der Waals surface area contributed by atoms with Gasteiger partial charge in [-0.15, -0.1) is 0 Å². The van der Waals surface area contributed by atoms with E-state index in [1.54, 1.807) is 51.1 Å². The van der Waals surface area contributed by atoms with Crippen LogP contribution in [0.3, 0.4) is 0 Å². The van der Waals surface area contributed by atoms with E-state index in [2.05, 4.69) is 20.3 Å². The van der Waals surface area contributed by atoms with Crippen molar-refractivity contribution >= 4 is 38.8 Å². The average molecular weight is 641 g/mol. The molecule has 1 heterocycles. The van der Waals surface area contributed by atoms with Crippen LogP contribution in [-0.4, -0.2) is 77.4 Å². The number of fused-ring (bicyclic) bond motifs is 1. The first-order valence-corrected chi connectivity index (χ1v) is 16.2. The molecule has 0 radical (unpaired) electrons. The van der Waals surface area contributed by atoms with Gasteiger partial charge in [-0.1, -0.05) is 68.4 Å². The van der Waals surface area contributed by atoms with Gasteiger partial charge in [0.1, 0.15) is 11.7 Å². The summed E-state index contributed by atoms with van der Waals surface area (Å²) in [5.41, 5.74) is 6.05. The SMILES string of the molecule is CC(C)CN(C[C@@H](O)[C@H](Cc1ccccc1)NC(=O)[C@H](CC(N)=O)NC(=O)c1ccc2ccccc2n1)S(=O)(=O)NC(C)(C)C. The number of hydrogen-bond acceptors (Lipinski definition) is 7. The molecule has 0 fully saturated rings. The highest BCUT2D eigenvalue weighted by Gasteiger charge is 2.34. The number of carbonyl (C=O) groups excluding carboxylic acids is 3. The topological polar surface area (TPSA) is 184 Å². The minimum atomic E-state index is -4.01. The van der Waals surface area contributed by atoms with Crippen molar-refractivity contribution < 1.29 is 27.9 Å². The smallest absolute Gasteiger partial charge is 0.280 e. The molecule has 3 aromatic rings. The Balaban J connectivity index is 1.87. The third-order valence-electron chi connectivity index (χ3n) is 6.68. The van der Waals surface area contributed by atoms with Gasteiger partial charge in [0, 0.05) is 24.0 Å². The molecule has 1 aromatic heterocycles. The van der Waals surface area contributed by atoms with Crippen LogP contribution < -0.4 is 21.1 Å². The lowest BCUT2D eigenvalue weighted by Gasteiger charge is -2.33. The van der Waals surface area contributed by atoms with Crippen molar-refractivity contribution in [3.8, 4) is 0 Å². The van der Waals surface area contributed by atoms with E-state index in [0.29, 0.717) is 5.52 Å². The number of aliphatic hydroxyl groups is 1. The standard InChI is InChI=1S/C32H44N6O6S/c1-21(2)19-38(45(43,44)37-32(3,4)5)20-28(39)26(17-22-11-7-6-8-12-22)35-31(42)27(18-29(33)40)36-30(41)25-16-15-23-13-9-10-14-24(23)34-25/h6-16,21,26-28,37,39H,17-20H2,1-5H3,(H2,33,40)(H,35,42)(H,36,41)/t26-,27-,28+/m0/s1. The van der Waals surface area contributed by atoms with Gasteiger partial charge in [-0.3, -0.25) is 14.4 Å². The number of aliphatic hydroxyl groups excluding tert-OH is 1. The first kappa shape index (κ1) is 35.6. The van der Waals surface area contributed by atoms with Crippen molar-refractivity contribution in [3.63, 3.8) is 0 Å². The number of primary amides is 1. The summed E-state index contributed by atoms with van der Waals surface area (Å²) in [6.45, 7) is 8.66. The maximum absolute atomic E-state index is 13.6. The number of amides is 3. The fourth-order valence-electron chi connectivity index (χ4n) is 4.74. The summed E-state index contributed by atoms with van der Waals surface area (Å²) >= 11 is 0. The van der Waals surface area contributed by atoms with Crippen LogP contribution in [0.25, 0.3) is 10.9 Å². The Morgan fingerprint density at radius 2 is 1.58 bits per heavy atom. The van der Waals surface area contributed by atoms with Crippen LogP contribution in [0.2, 0.25) is 0 Å². The summed E-state index contributed by atoms with van der Waals surface area (Å²) in [5.74, 6) is -2.35. The fraction of sp³-hybridized carbons (Fsp3) is 0.438. The molecule has 0 saturated carbocycles. The second-order valence-corrected chi connectivity index (χ2v) is 14.2. The molecule has 6 N–H and O–H groups in total. The number of rotatable bonds is 15. The number of carbonyl (C=O) groups is 3. The van der Waals surface area contributed by atoms with Gasteiger partial charge in [0.25, 0.3) is 16.1 Å². The van der Waals surface area contributed by atoms with Gasteiger partial charge >= 0.3 is 0 Å². The number of hydrogen-bond donors (Lipinski definition) is 5. The van der Waals surface area contributed by atoms with E-state index in [9.17, 15) is 27.9 Å². The maximum Gasteiger partial charge on any atom is 0.280 e. The Morgan fingerprint density at radius 1 is 0.933 bits per heavy atom. The van der Waals surface area contributed by atoms with Crippen molar-refractivity contribution in [2.45, 2.75) is 71.2 Å². The minimum absolute atomic E-state index is 0.0396. The average Bonchev–Trinajstić information content (AvgIpc) is 2.94. The third kappa shape index (κ3) is 11.2. The summed E-state index contributed by atoms with van der Waals surface area (Å²) in [6.07, 6.45) is -1.74. The van der Waals surface area contributed by atoms with E-state index < -0.39 is 58.1 Å². The molecular formula is C32H44N6O6S. The molecule has 244 valence electrons. The lowest BCUT2D eigenvalue weighted by Crippen LogP contribution is -2.57. The second kappa shape index (κ2) is 15.4. The highest BCUT2D eigenvalue weighted by Crippen LogP contribution is 2.15. The molecule has 45 heavy (non-hydrogen) atoms. The van der Waals surface area contributed by atoms with E-state index in [1.165, 1.54) is 6.07 Å². The van der Waals surface area contributed by atoms with Crippen LogP contribution in [0, 0.1) is 5.92 Å². The molecular weight excluding hydrogens is 596 g/mol. The summed E-state index contributed by atoms with van der Waals surface area (Å²) < 4.78 is 30.4. The van der Waals surface area contributed by atoms with Gasteiger partial charge in [0.2, 0.25) is 11.8 Å². The molecule has 0 bridgehead atoms. The Kier molecular flexibility index (Phi) is 12.2. The monoisotopic (exact) mass is 640 g/mol. The van der Waals surface area contributed by atoms with Crippen LogP contribution in [0.5, 0.6) is 0 Å². The van der Waals surface area contributed by atoms with E-state index >= 15 is 0 Å². The van der Waals surface area contributed by atoms with Crippen LogP contribution >= 0.6 is 0 Å². The highest BCUT2D eigenvalue weighted by atomic mass is 32.2. The normalized spacial score (nSPS) is 14.2. The van der Waals surface area contributed by atoms with Crippen molar-refractivity contribution in [3.05, 3.63) is 78.0 Å². The Morgan fingerprint density at radius 3 is 2.20 bits per heavy atom. The van der Waals surface area contributed by atoms with Crippen molar-refractivity contribution in [2.24, 2.45) is 11.7 Å². The van der Waals surface area contributed by atoms with Gasteiger partial charge in [0.15, 0.2) is 0 Å². The Bertz CT molecular complexity index is 1580. The van der Waals surface area contributed by atoms with Crippen LogP contribution in [-0.2, 0) is 26.2 Å². The van der Waals surface area contributed by atoms with Crippen LogP contribution in [0.15, 0.2) is 66.7 Å². The van der Waals surface area contributed by atoms with Gasteiger partial charge in [-0.2, -0.15) is 17.4 Å². The summed E-state index contributed by atoms with van der Waals surface area (Å²) in [6, 6.07) is 17.1. The summed E-state index contributed by atoms with van der Waals surface area (Å²) in [5, 5.41) is 17.6. The largest absolute Gasteiger partial charge is 0.390 e. The second-order valence-electron chi connectivity index (χ2n) is 12.5. The number of pyridine rings is 1. The molecule has 0 saturated heterocycles. The first-order chi connectivity index (χ1) is 21.0. The molecule has 0 aliphatic carbocycles. The van der Waals surface area contributed by atoms with E-state index in [1.807, 2.05) is 44.2 Å². The summed E-state index contributed by atoms with van der Waals surface area (Å²) in [7, 11) is -4.01. The third-order valence-corrected chi connectivity index (χ3v) is 8.53. The number of aromatic nitrogens is 1. The minimum Gasteiger partial charge on any atom is -0.390 e. The van der Waals surface area contributed by atoms with Gasteiger partial charge in [0.05, 0.1) is 24.1 Å². The zero-order valence-electron chi connectivity index (χ0n) is 26.4. The fourth-order valence-corrected chi connectivity index (χ4v) is 6.48. The zero-order valence-corrected chi connectivity index (χ0v) is 27.2. The number of nitrogens with one attached hydrogen (secondary N) is 3. The molecule has 13 heteroatoms. The van der Waals surface area contributed by atoms with E-state index in [4.69, 9.17) is 5.73 Å². The number of nitrogens with two attached hydrogens (primary N) is 1. The van der Waals surface area contributed by atoms with Gasteiger partial charge in [-0.05, 0) is 50.8 Å². The predicted octanol–water partition coefficient (Wildman–Crippen LogP) is 1.89. The quantitative estimate of drug-likeness (QED) is 0.168. The summed E-state index contributed by atoms with van der Waals surface area (Å²) in [4.78, 5) is 43.0. The van der Waals surface area contributed by atoms with E-state index in [0.717, 1.165) is 15.3 Å². The molecule has 0 unspecified atom stereocenters. The Labute approximate surface area is 265 Å². The van der Waals surface area contributed by atoms with Crippen LogP contribution in [0.4, 0.5) is 0 Å². The molecule has 0 aliphatic heterocycles. The lowest BCUT2D eigenvalue weighted by molar-refractivity contribution is -0.128. The number of para-hydroxylation sites is 1. The zero-order chi connectivity index (χ0) is 33.4. The van der Waals surface area contributed by atoms with E-state index in [-0.39, 0.29) is 31.1 Å². The maximum atomic E-state index is 13.6. The number of nitrogens with zero attached hydrogens (tertiary/aromatic N) is 2. The van der Waals surface area contributed by atoms with Crippen molar-refractivity contribution in [2.75, 3.05) is 13.1 Å². The number of benzene rings is 2. The first-order valence-electron chi connectivity index (χ1n) is 14.8. The molecule has 3 amide bonds. The molecule has 0 spiro atoms. The van der Waals surface area contributed by atoms with Crippen molar-refractivity contribution in [1.82, 2.24) is 24.6 Å². The molecule has 3 rings (SSSR count). The van der Waals surface area contributed by atoms with Crippen molar-refractivity contribution in [1.29, 1.82) is 0 Å². The predicted molar refractivity (Wildman–Crippen MR) is 173 cm³/mol. The molecule has 12 nitrogen and oxygen atoms in total. The molecule has 3 atom stereocenters. The lowest BCUT2D eigenvalue weighted by atomic mass is 10.00. The molecule has 0 aliphatic rings. The highest BCUT2D eigenvalue weighted by molar-refractivity contribution is 7.87.